The van der Waals surface area contributed by atoms with Crippen LogP contribution in [0.2, 0.25) is 0 Å². The number of hydrogen-bond acceptors (Lipinski definition) is 3. The molecule has 0 bridgehead atoms. The van der Waals surface area contributed by atoms with E-state index in [1.54, 1.807) is 30.5 Å². The maximum Gasteiger partial charge on any atom is 0.248 e. The second-order valence-corrected chi connectivity index (χ2v) is 4.50. The Morgan fingerprint density at radius 1 is 1.25 bits per heavy atom. The molecule has 0 atom stereocenters. The standard InChI is InChI=1S/C16H17NO3/c1-12(2)20-15-8-4-3-7-14(15)17-16(18)10-9-13-6-5-11-19-13/h3-12H,1-2H3,(H,17,18)/b10-9+. The lowest BCUT2D eigenvalue weighted by atomic mass is 10.2. The zero-order valence-corrected chi connectivity index (χ0v) is 11.5. The number of benzene rings is 1. The highest BCUT2D eigenvalue weighted by atomic mass is 16.5. The third-order valence-electron chi connectivity index (χ3n) is 2.45. The van der Waals surface area contributed by atoms with Crippen molar-refractivity contribution >= 4 is 17.7 Å². The average molecular weight is 271 g/mol. The molecular formula is C16H17NO3. The van der Waals surface area contributed by atoms with Crippen molar-refractivity contribution in [1.82, 2.24) is 0 Å². The lowest BCUT2D eigenvalue weighted by Gasteiger charge is -2.13. The van der Waals surface area contributed by atoms with Crippen molar-refractivity contribution in [3.05, 3.63) is 54.5 Å². The number of para-hydroxylation sites is 2. The molecule has 1 N–H and O–H groups in total. The zero-order valence-electron chi connectivity index (χ0n) is 11.5. The van der Waals surface area contributed by atoms with Gasteiger partial charge in [-0.25, -0.2) is 0 Å². The van der Waals surface area contributed by atoms with Crippen LogP contribution in [-0.2, 0) is 4.79 Å². The van der Waals surface area contributed by atoms with Gasteiger partial charge in [0.2, 0.25) is 5.91 Å². The number of anilines is 1. The minimum atomic E-state index is -0.235. The Kier molecular flexibility index (Phi) is 4.60. The first kappa shape index (κ1) is 13.9. The Labute approximate surface area is 118 Å². The van der Waals surface area contributed by atoms with E-state index >= 15 is 0 Å². The summed E-state index contributed by atoms with van der Waals surface area (Å²) in [6.07, 6.45) is 4.64. The van der Waals surface area contributed by atoms with Gasteiger partial charge in [0.25, 0.3) is 0 Å². The summed E-state index contributed by atoms with van der Waals surface area (Å²) in [6.45, 7) is 3.88. The SMILES string of the molecule is CC(C)Oc1ccccc1NC(=O)/C=C/c1ccco1. The molecule has 4 heteroatoms. The Morgan fingerprint density at radius 2 is 2.05 bits per heavy atom. The molecule has 104 valence electrons. The van der Waals surface area contributed by atoms with E-state index in [0.717, 1.165) is 0 Å². The van der Waals surface area contributed by atoms with E-state index in [2.05, 4.69) is 5.32 Å². The fourth-order valence-corrected chi connectivity index (χ4v) is 1.64. The van der Waals surface area contributed by atoms with E-state index in [0.29, 0.717) is 17.2 Å². The molecular weight excluding hydrogens is 254 g/mol. The summed E-state index contributed by atoms with van der Waals surface area (Å²) < 4.78 is 10.8. The van der Waals surface area contributed by atoms with Crippen LogP contribution in [0, 0.1) is 0 Å². The van der Waals surface area contributed by atoms with Crippen molar-refractivity contribution in [2.24, 2.45) is 0 Å². The minimum absolute atomic E-state index is 0.0479. The first-order valence-electron chi connectivity index (χ1n) is 6.43. The maximum atomic E-state index is 11.9. The highest BCUT2D eigenvalue weighted by molar-refractivity contribution is 6.02. The lowest BCUT2D eigenvalue weighted by Crippen LogP contribution is -2.12. The largest absolute Gasteiger partial charge is 0.489 e. The van der Waals surface area contributed by atoms with E-state index in [9.17, 15) is 4.79 Å². The number of amides is 1. The number of furan rings is 1. The van der Waals surface area contributed by atoms with Crippen LogP contribution in [0.4, 0.5) is 5.69 Å². The van der Waals surface area contributed by atoms with Gasteiger partial charge in [-0.1, -0.05) is 12.1 Å². The molecule has 1 aromatic heterocycles. The maximum absolute atomic E-state index is 11.9. The first-order chi connectivity index (χ1) is 9.65. The number of ether oxygens (including phenoxy) is 1. The molecule has 1 amide bonds. The summed E-state index contributed by atoms with van der Waals surface area (Å²) >= 11 is 0. The number of rotatable bonds is 5. The van der Waals surface area contributed by atoms with Gasteiger partial charge >= 0.3 is 0 Å². The smallest absolute Gasteiger partial charge is 0.248 e. The van der Waals surface area contributed by atoms with Gasteiger partial charge in [-0.15, -0.1) is 0 Å². The van der Waals surface area contributed by atoms with Crippen LogP contribution in [0.25, 0.3) is 6.08 Å². The second kappa shape index (κ2) is 6.61. The molecule has 0 aliphatic carbocycles. The summed E-state index contributed by atoms with van der Waals surface area (Å²) in [5, 5.41) is 2.79. The molecule has 0 saturated heterocycles. The van der Waals surface area contributed by atoms with E-state index < -0.39 is 0 Å². The highest BCUT2D eigenvalue weighted by Crippen LogP contribution is 2.24. The highest BCUT2D eigenvalue weighted by Gasteiger charge is 2.06. The molecule has 0 fully saturated rings. The Bertz CT molecular complexity index is 586. The molecule has 0 aliphatic heterocycles. The van der Waals surface area contributed by atoms with Gasteiger partial charge in [0, 0.05) is 6.08 Å². The molecule has 0 saturated carbocycles. The fraction of sp³-hybridized carbons (Fsp3) is 0.188. The Hall–Kier alpha value is -2.49. The third-order valence-corrected chi connectivity index (χ3v) is 2.45. The van der Waals surface area contributed by atoms with Crippen LogP contribution in [0.5, 0.6) is 5.75 Å². The molecule has 1 aromatic carbocycles. The van der Waals surface area contributed by atoms with E-state index in [1.807, 2.05) is 32.0 Å². The van der Waals surface area contributed by atoms with Crippen molar-refractivity contribution in [2.45, 2.75) is 20.0 Å². The van der Waals surface area contributed by atoms with Crippen LogP contribution in [0.15, 0.2) is 53.2 Å². The van der Waals surface area contributed by atoms with Crippen LogP contribution in [0.1, 0.15) is 19.6 Å². The minimum Gasteiger partial charge on any atom is -0.489 e. The van der Waals surface area contributed by atoms with E-state index in [-0.39, 0.29) is 12.0 Å². The van der Waals surface area contributed by atoms with E-state index in [1.165, 1.54) is 6.08 Å². The van der Waals surface area contributed by atoms with Gasteiger partial charge in [0.15, 0.2) is 0 Å². The van der Waals surface area contributed by atoms with Gasteiger partial charge in [-0.2, -0.15) is 0 Å². The van der Waals surface area contributed by atoms with Crippen molar-refractivity contribution in [1.29, 1.82) is 0 Å². The zero-order chi connectivity index (χ0) is 14.4. The summed E-state index contributed by atoms with van der Waals surface area (Å²) in [6, 6.07) is 10.9. The topological polar surface area (TPSA) is 51.5 Å². The Morgan fingerprint density at radius 3 is 2.75 bits per heavy atom. The van der Waals surface area contributed by atoms with Crippen molar-refractivity contribution in [3.63, 3.8) is 0 Å². The predicted molar refractivity (Wildman–Crippen MR) is 78.6 cm³/mol. The average Bonchev–Trinajstić information content (AvgIpc) is 2.91. The Balaban J connectivity index is 2.04. The molecule has 0 unspecified atom stereocenters. The van der Waals surface area contributed by atoms with Gasteiger partial charge in [-0.3, -0.25) is 4.79 Å². The van der Waals surface area contributed by atoms with E-state index in [4.69, 9.17) is 9.15 Å². The molecule has 2 aromatic rings. The predicted octanol–water partition coefficient (Wildman–Crippen LogP) is 3.72. The fourth-order valence-electron chi connectivity index (χ4n) is 1.64. The third kappa shape index (κ3) is 4.02. The first-order valence-corrected chi connectivity index (χ1v) is 6.43. The van der Waals surface area contributed by atoms with Gasteiger partial charge in [0.1, 0.15) is 11.5 Å². The summed E-state index contributed by atoms with van der Waals surface area (Å²) in [5.74, 6) is 1.05. The quantitative estimate of drug-likeness (QED) is 0.843. The molecule has 0 aliphatic rings. The summed E-state index contributed by atoms with van der Waals surface area (Å²) in [5.41, 5.74) is 0.648. The molecule has 20 heavy (non-hydrogen) atoms. The van der Waals surface area contributed by atoms with Gasteiger partial charge < -0.3 is 14.5 Å². The number of nitrogens with one attached hydrogen (secondary N) is 1. The second-order valence-electron chi connectivity index (χ2n) is 4.50. The van der Waals surface area contributed by atoms with Crippen LogP contribution >= 0.6 is 0 Å². The van der Waals surface area contributed by atoms with Gasteiger partial charge in [0.05, 0.1) is 18.1 Å². The summed E-state index contributed by atoms with van der Waals surface area (Å²) in [7, 11) is 0. The molecule has 4 nitrogen and oxygen atoms in total. The van der Waals surface area contributed by atoms with Crippen molar-refractivity contribution in [2.75, 3.05) is 5.32 Å². The van der Waals surface area contributed by atoms with Crippen molar-refractivity contribution < 1.29 is 13.9 Å². The lowest BCUT2D eigenvalue weighted by molar-refractivity contribution is -0.111. The van der Waals surface area contributed by atoms with Crippen LogP contribution in [-0.4, -0.2) is 12.0 Å². The number of carbonyl (C=O) groups is 1. The van der Waals surface area contributed by atoms with Crippen molar-refractivity contribution in [3.8, 4) is 5.75 Å². The molecule has 1 heterocycles. The van der Waals surface area contributed by atoms with Gasteiger partial charge in [-0.05, 0) is 44.2 Å². The summed E-state index contributed by atoms with van der Waals surface area (Å²) in [4.78, 5) is 11.9. The number of carbonyl (C=O) groups excluding carboxylic acids is 1. The van der Waals surface area contributed by atoms with Crippen LogP contribution in [0.3, 0.4) is 0 Å². The van der Waals surface area contributed by atoms with Crippen LogP contribution < -0.4 is 10.1 Å². The number of hydrogen-bond donors (Lipinski definition) is 1. The normalized spacial score (nSPS) is 10.9. The molecule has 2 rings (SSSR count). The monoisotopic (exact) mass is 271 g/mol. The molecule has 0 radical (unpaired) electrons. The molecule has 0 spiro atoms.